The highest BCUT2D eigenvalue weighted by Gasteiger charge is 2.25. The molecule has 2 aromatic carbocycles. The third-order valence-electron chi connectivity index (χ3n) is 9.56. The molecule has 4 rings (SSSR count). The number of likely N-dealkylation sites (tertiary alicyclic amines) is 1. The molecule has 0 aliphatic carbocycles. The summed E-state index contributed by atoms with van der Waals surface area (Å²) in [5.74, 6) is 1.45. The highest BCUT2D eigenvalue weighted by Crippen LogP contribution is 2.38. The maximum Gasteiger partial charge on any atom is 0.246 e. The van der Waals surface area contributed by atoms with E-state index in [4.69, 9.17) is 21.1 Å². The minimum atomic E-state index is -3.57. The summed E-state index contributed by atoms with van der Waals surface area (Å²) >= 11 is 6.49. The van der Waals surface area contributed by atoms with E-state index >= 15 is 0 Å². The first kappa shape index (κ1) is 44.5. The average Bonchev–Trinajstić information content (AvgIpc) is 3.15. The van der Waals surface area contributed by atoms with Crippen LogP contribution < -0.4 is 26.0 Å². The summed E-state index contributed by atoms with van der Waals surface area (Å²) in [6.45, 7) is 21.0. The van der Waals surface area contributed by atoms with Gasteiger partial charge in [0, 0.05) is 31.6 Å². The molecule has 1 saturated heterocycles. The number of piperidine rings is 1. The van der Waals surface area contributed by atoms with Crippen molar-refractivity contribution in [3.63, 3.8) is 0 Å². The van der Waals surface area contributed by atoms with Gasteiger partial charge >= 0.3 is 0 Å². The van der Waals surface area contributed by atoms with Crippen molar-refractivity contribution in [2.45, 2.75) is 89.9 Å². The molecule has 4 N–H and O–H groups in total. The van der Waals surface area contributed by atoms with Crippen LogP contribution >= 0.6 is 11.6 Å². The van der Waals surface area contributed by atoms with E-state index in [1.54, 1.807) is 38.1 Å². The Labute approximate surface area is 337 Å². The Balaban J connectivity index is 1.31. The number of carbonyl (C=O) groups is 2. The van der Waals surface area contributed by atoms with Crippen molar-refractivity contribution in [1.29, 1.82) is 0 Å². The third kappa shape index (κ3) is 12.6. The summed E-state index contributed by atoms with van der Waals surface area (Å²) < 4.78 is 37.9. The number of halogens is 1. The van der Waals surface area contributed by atoms with Gasteiger partial charge in [-0.25, -0.2) is 13.4 Å². The number of rotatable bonds is 20. The Morgan fingerprint density at radius 3 is 2.32 bits per heavy atom. The summed E-state index contributed by atoms with van der Waals surface area (Å²) in [6.07, 6.45) is 3.70. The van der Waals surface area contributed by atoms with E-state index in [2.05, 4.69) is 55.7 Å². The Morgan fingerprint density at radius 1 is 0.982 bits per heavy atom. The lowest BCUT2D eigenvalue weighted by Crippen LogP contribution is -2.37. The molecule has 2 amide bonds. The zero-order chi connectivity index (χ0) is 41.0. The van der Waals surface area contributed by atoms with Crippen LogP contribution in [0.4, 0.5) is 23.1 Å². The molecule has 0 saturated carbocycles. The monoisotopic (exact) mass is 811 g/mol. The fraction of sp³-hybridized carbons (Fsp3) is 0.512. The molecule has 1 aliphatic rings. The summed E-state index contributed by atoms with van der Waals surface area (Å²) in [6, 6.07) is 10.8. The molecule has 15 heteroatoms. The lowest BCUT2D eigenvalue weighted by atomic mass is 9.86. The van der Waals surface area contributed by atoms with Gasteiger partial charge in [0.1, 0.15) is 10.8 Å². The van der Waals surface area contributed by atoms with Crippen molar-refractivity contribution in [3.8, 4) is 5.75 Å². The van der Waals surface area contributed by atoms with Crippen LogP contribution in [0.15, 0.2) is 59.6 Å². The fourth-order valence-electron chi connectivity index (χ4n) is 6.22. The van der Waals surface area contributed by atoms with Crippen molar-refractivity contribution < 1.29 is 27.5 Å². The van der Waals surface area contributed by atoms with Crippen molar-refractivity contribution in [3.05, 3.63) is 70.9 Å². The number of hydrogen-bond acceptors (Lipinski definition) is 11. The summed E-state index contributed by atoms with van der Waals surface area (Å²) in [4.78, 5) is 35.9. The number of nitrogens with zero attached hydrogens (tertiary/aromatic N) is 3. The highest BCUT2D eigenvalue weighted by atomic mass is 35.5. The molecule has 3 aromatic rings. The van der Waals surface area contributed by atoms with E-state index in [1.165, 1.54) is 11.8 Å². The first-order valence-electron chi connectivity index (χ1n) is 19.3. The van der Waals surface area contributed by atoms with Crippen LogP contribution in [-0.2, 0) is 24.2 Å². The number of nitrogens with one attached hydrogen (secondary N) is 4. The van der Waals surface area contributed by atoms with E-state index in [0.717, 1.165) is 31.5 Å². The molecular formula is C41H58ClN7O6S. The molecule has 1 aromatic heterocycles. The minimum Gasteiger partial charge on any atom is -0.489 e. The van der Waals surface area contributed by atoms with Crippen LogP contribution in [0.3, 0.4) is 0 Å². The molecular weight excluding hydrogens is 754 g/mol. The third-order valence-corrected chi connectivity index (χ3v) is 12.0. The zero-order valence-electron chi connectivity index (χ0n) is 33.7. The van der Waals surface area contributed by atoms with Crippen molar-refractivity contribution in [2.24, 2.45) is 5.92 Å². The SMILES string of the molecule is C=C(C(=O)NCCOCCNC(=O)CCN1CCC(c2cc(OC(C)C)c(Nc3ncc(Cl)c(Nc4ccccc4S(=O)(=O)C(C)C)n3)cc2C)CC1)C(C)C. The second-order valence-corrected chi connectivity index (χ2v) is 17.7. The molecule has 0 spiro atoms. The predicted octanol–water partition coefficient (Wildman–Crippen LogP) is 6.93. The molecule has 0 atom stereocenters. The standard InChI is InChI=1S/C41H58ClN7O6S/c1-26(2)30(8)40(51)44-17-22-54-21-16-43-38(50)15-20-49-18-13-31(14-19-49)32-24-36(55-27(3)4)35(23-29(32)7)47-41-45-25-33(42)39(48-41)46-34-11-9-10-12-37(34)56(52,53)28(5)6/h9-12,23-28,31H,8,13-22H2,1-7H3,(H,43,50)(H,44,51)(H2,45,46,47,48). The molecule has 1 fully saturated rings. The van der Waals surface area contributed by atoms with Crippen LogP contribution in [0.5, 0.6) is 5.75 Å². The molecule has 0 bridgehead atoms. The molecule has 2 heterocycles. The summed E-state index contributed by atoms with van der Waals surface area (Å²) in [5.41, 5.74) is 3.94. The van der Waals surface area contributed by atoms with Gasteiger partial charge in [0.15, 0.2) is 15.7 Å². The van der Waals surface area contributed by atoms with Gasteiger partial charge in [0.2, 0.25) is 17.8 Å². The number of benzene rings is 2. The maximum atomic E-state index is 13.0. The second-order valence-electron chi connectivity index (χ2n) is 14.9. The first-order valence-corrected chi connectivity index (χ1v) is 21.2. The molecule has 306 valence electrons. The fourth-order valence-corrected chi connectivity index (χ4v) is 7.56. The van der Waals surface area contributed by atoms with Gasteiger partial charge in [-0.15, -0.1) is 0 Å². The van der Waals surface area contributed by atoms with Gasteiger partial charge in [0.05, 0.1) is 47.0 Å². The van der Waals surface area contributed by atoms with E-state index in [0.29, 0.717) is 67.9 Å². The quantitative estimate of drug-likeness (QED) is 0.0692. The van der Waals surface area contributed by atoms with E-state index in [-0.39, 0.29) is 45.5 Å². The highest BCUT2D eigenvalue weighted by molar-refractivity contribution is 7.92. The second kappa shape index (κ2) is 20.8. The number of aromatic nitrogens is 2. The normalized spacial score (nSPS) is 13.9. The van der Waals surface area contributed by atoms with E-state index in [9.17, 15) is 18.0 Å². The minimum absolute atomic E-state index is 0.0110. The molecule has 56 heavy (non-hydrogen) atoms. The van der Waals surface area contributed by atoms with Gasteiger partial charge < -0.3 is 35.6 Å². The average molecular weight is 812 g/mol. The maximum absolute atomic E-state index is 13.0. The Hall–Kier alpha value is -4.24. The van der Waals surface area contributed by atoms with Gasteiger partial charge in [-0.3, -0.25) is 9.59 Å². The number of sulfone groups is 1. The number of amides is 2. The summed E-state index contributed by atoms with van der Waals surface area (Å²) in [7, 11) is -3.57. The Morgan fingerprint density at radius 2 is 1.66 bits per heavy atom. The lowest BCUT2D eigenvalue weighted by molar-refractivity contribution is -0.121. The molecule has 13 nitrogen and oxygen atoms in total. The van der Waals surface area contributed by atoms with Gasteiger partial charge in [0.25, 0.3) is 0 Å². The van der Waals surface area contributed by atoms with Crippen LogP contribution in [-0.4, -0.2) is 92.4 Å². The topological polar surface area (TPSA) is 164 Å². The summed E-state index contributed by atoms with van der Waals surface area (Å²) in [5, 5.41) is 11.7. The van der Waals surface area contributed by atoms with Crippen molar-refractivity contribution in [1.82, 2.24) is 25.5 Å². The largest absolute Gasteiger partial charge is 0.489 e. The number of para-hydroxylation sites is 1. The number of carbonyl (C=O) groups excluding carboxylic acids is 2. The number of hydrogen-bond donors (Lipinski definition) is 4. The van der Waals surface area contributed by atoms with Crippen LogP contribution in [0, 0.1) is 12.8 Å². The van der Waals surface area contributed by atoms with Crippen LogP contribution in [0.2, 0.25) is 5.02 Å². The molecule has 1 aliphatic heterocycles. The number of ether oxygens (including phenoxy) is 2. The molecule has 0 radical (unpaired) electrons. The van der Waals surface area contributed by atoms with Gasteiger partial charge in [-0.2, -0.15) is 4.98 Å². The van der Waals surface area contributed by atoms with E-state index < -0.39 is 15.1 Å². The van der Waals surface area contributed by atoms with Crippen LogP contribution in [0.25, 0.3) is 0 Å². The molecule has 0 unspecified atom stereocenters. The lowest BCUT2D eigenvalue weighted by Gasteiger charge is -2.33. The Kier molecular flexibility index (Phi) is 16.5. The van der Waals surface area contributed by atoms with Gasteiger partial charge in [-0.1, -0.05) is 44.2 Å². The van der Waals surface area contributed by atoms with Gasteiger partial charge in [-0.05, 0) is 108 Å². The van der Waals surface area contributed by atoms with Crippen molar-refractivity contribution >= 4 is 56.4 Å². The predicted molar refractivity (Wildman–Crippen MR) is 223 cm³/mol. The first-order chi connectivity index (χ1) is 26.6. The van der Waals surface area contributed by atoms with Crippen LogP contribution in [0.1, 0.15) is 77.8 Å². The van der Waals surface area contributed by atoms with Crippen molar-refractivity contribution in [2.75, 3.05) is 56.6 Å². The zero-order valence-corrected chi connectivity index (χ0v) is 35.3. The van der Waals surface area contributed by atoms with E-state index in [1.807, 2.05) is 33.8 Å². The number of aryl methyl sites for hydroxylation is 1. The Bertz CT molecular complexity index is 1930. The number of anilines is 4. The smallest absolute Gasteiger partial charge is 0.246 e.